The molecule has 3 aromatic heterocycles. The van der Waals surface area contributed by atoms with Crippen molar-refractivity contribution >= 4 is 28.0 Å². The number of fused-ring (bicyclic) bond motifs is 2. The van der Waals surface area contributed by atoms with E-state index in [0.29, 0.717) is 12.1 Å². The van der Waals surface area contributed by atoms with E-state index in [-0.39, 0.29) is 11.8 Å². The number of rotatable bonds is 2. The normalized spacial score (nSPS) is 17.3. The Kier molecular flexibility index (Phi) is 4.12. The van der Waals surface area contributed by atoms with Crippen LogP contribution in [0.2, 0.25) is 0 Å². The van der Waals surface area contributed by atoms with Crippen molar-refractivity contribution in [3.63, 3.8) is 0 Å². The van der Waals surface area contributed by atoms with E-state index in [1.54, 1.807) is 4.68 Å². The first-order chi connectivity index (χ1) is 14.0. The Morgan fingerprint density at radius 2 is 2.03 bits per heavy atom. The summed E-state index contributed by atoms with van der Waals surface area (Å²) >= 11 is 0. The molecule has 5 rings (SSSR count). The number of nitrogens with one attached hydrogen (secondary N) is 1. The van der Waals surface area contributed by atoms with Crippen molar-refractivity contribution in [1.82, 2.24) is 29.6 Å². The lowest BCUT2D eigenvalue weighted by molar-refractivity contribution is 0.0706. The van der Waals surface area contributed by atoms with E-state index in [4.69, 9.17) is 4.98 Å². The fourth-order valence-corrected chi connectivity index (χ4v) is 4.46. The number of carbonyl (C=O) groups is 1. The van der Waals surface area contributed by atoms with Crippen LogP contribution in [0.25, 0.3) is 22.1 Å². The standard InChI is InChI=1S/C22H24N6O/c1-13-11-16(19-14(2)26-27(3)21(19)23-13)22(29)28-10-6-7-15(12-28)20-24-17-8-4-5-9-18(17)25-20/h4-5,8-9,11,15H,6-7,10,12H2,1-3H3,(H,24,25). The molecule has 1 saturated heterocycles. The third-order valence-corrected chi connectivity index (χ3v) is 5.83. The molecule has 1 fully saturated rings. The molecule has 1 unspecified atom stereocenters. The van der Waals surface area contributed by atoms with Crippen LogP contribution >= 0.6 is 0 Å². The summed E-state index contributed by atoms with van der Waals surface area (Å²) in [6.07, 6.45) is 1.99. The minimum Gasteiger partial charge on any atom is -0.342 e. The van der Waals surface area contributed by atoms with Gasteiger partial charge in [-0.25, -0.2) is 9.97 Å². The molecular formula is C22H24N6O. The molecule has 148 valence electrons. The van der Waals surface area contributed by atoms with Gasteiger partial charge < -0.3 is 9.88 Å². The third kappa shape index (κ3) is 2.97. The van der Waals surface area contributed by atoms with Crippen LogP contribution in [0, 0.1) is 13.8 Å². The van der Waals surface area contributed by atoms with Gasteiger partial charge >= 0.3 is 0 Å². The quantitative estimate of drug-likeness (QED) is 0.570. The molecule has 7 nitrogen and oxygen atoms in total. The number of nitrogens with zero attached hydrogens (tertiary/aromatic N) is 5. The Morgan fingerprint density at radius 3 is 2.86 bits per heavy atom. The molecule has 0 spiro atoms. The molecule has 0 saturated carbocycles. The molecule has 29 heavy (non-hydrogen) atoms. The predicted molar refractivity (Wildman–Crippen MR) is 112 cm³/mol. The molecule has 1 amide bonds. The number of benzene rings is 1. The van der Waals surface area contributed by atoms with Crippen molar-refractivity contribution in [2.75, 3.05) is 13.1 Å². The van der Waals surface area contributed by atoms with E-state index in [0.717, 1.165) is 58.7 Å². The van der Waals surface area contributed by atoms with Crippen molar-refractivity contribution in [1.29, 1.82) is 0 Å². The number of para-hydroxylation sites is 2. The van der Waals surface area contributed by atoms with E-state index in [1.165, 1.54) is 0 Å². The summed E-state index contributed by atoms with van der Waals surface area (Å²) in [5.74, 6) is 1.24. The number of H-pyrrole nitrogens is 1. The number of aromatic nitrogens is 5. The molecule has 0 radical (unpaired) electrons. The first-order valence-corrected chi connectivity index (χ1v) is 10.1. The molecule has 4 aromatic rings. The lowest BCUT2D eigenvalue weighted by Crippen LogP contribution is -2.39. The van der Waals surface area contributed by atoms with Crippen molar-refractivity contribution in [2.24, 2.45) is 7.05 Å². The van der Waals surface area contributed by atoms with Crippen LogP contribution in [0.3, 0.4) is 0 Å². The molecule has 0 aliphatic carbocycles. The molecule has 0 bridgehead atoms. The number of amides is 1. The van der Waals surface area contributed by atoms with Gasteiger partial charge in [-0.15, -0.1) is 0 Å². The molecule has 1 atom stereocenters. The van der Waals surface area contributed by atoms with Crippen molar-refractivity contribution in [2.45, 2.75) is 32.6 Å². The number of pyridine rings is 1. The Balaban J connectivity index is 1.48. The Morgan fingerprint density at radius 1 is 1.21 bits per heavy atom. The second-order valence-corrected chi connectivity index (χ2v) is 7.95. The highest BCUT2D eigenvalue weighted by Gasteiger charge is 2.29. The monoisotopic (exact) mass is 388 g/mol. The summed E-state index contributed by atoms with van der Waals surface area (Å²) in [6, 6.07) is 9.96. The van der Waals surface area contributed by atoms with E-state index in [1.807, 2.05) is 56.1 Å². The van der Waals surface area contributed by atoms with E-state index < -0.39 is 0 Å². The summed E-state index contributed by atoms with van der Waals surface area (Å²) in [5, 5.41) is 5.33. The number of hydrogen-bond donors (Lipinski definition) is 1. The smallest absolute Gasteiger partial charge is 0.254 e. The SMILES string of the molecule is Cc1cc(C(=O)N2CCCC(c3nc4ccccc4[nH]3)C2)c2c(C)nn(C)c2n1. The third-order valence-electron chi connectivity index (χ3n) is 5.83. The van der Waals surface area contributed by atoms with Crippen LogP contribution in [0.5, 0.6) is 0 Å². The van der Waals surface area contributed by atoms with Gasteiger partial charge in [0.2, 0.25) is 0 Å². The first-order valence-electron chi connectivity index (χ1n) is 10.1. The average Bonchev–Trinajstić information content (AvgIpc) is 3.28. The van der Waals surface area contributed by atoms with E-state index >= 15 is 0 Å². The zero-order chi connectivity index (χ0) is 20.1. The number of aryl methyl sites for hydroxylation is 3. The minimum absolute atomic E-state index is 0.0532. The van der Waals surface area contributed by atoms with Crippen LogP contribution < -0.4 is 0 Å². The molecule has 7 heteroatoms. The molecule has 1 aliphatic rings. The van der Waals surface area contributed by atoms with Crippen molar-refractivity contribution in [3.8, 4) is 0 Å². The average molecular weight is 388 g/mol. The van der Waals surface area contributed by atoms with Gasteiger partial charge in [0.25, 0.3) is 5.91 Å². The summed E-state index contributed by atoms with van der Waals surface area (Å²) in [4.78, 5) is 28.3. The Bertz CT molecular complexity index is 1200. The highest BCUT2D eigenvalue weighted by atomic mass is 16.2. The largest absolute Gasteiger partial charge is 0.342 e. The maximum Gasteiger partial charge on any atom is 0.254 e. The van der Waals surface area contributed by atoms with Gasteiger partial charge in [0.15, 0.2) is 5.65 Å². The number of aromatic amines is 1. The number of piperidine rings is 1. The zero-order valence-electron chi connectivity index (χ0n) is 16.9. The highest BCUT2D eigenvalue weighted by molar-refractivity contribution is 6.06. The van der Waals surface area contributed by atoms with Crippen LogP contribution in [-0.2, 0) is 7.05 Å². The van der Waals surface area contributed by atoms with Crippen LogP contribution in [-0.4, -0.2) is 48.6 Å². The number of imidazole rings is 1. The van der Waals surface area contributed by atoms with Crippen LogP contribution in [0.1, 0.15) is 46.3 Å². The zero-order valence-corrected chi connectivity index (χ0v) is 16.9. The van der Waals surface area contributed by atoms with Crippen molar-refractivity contribution in [3.05, 3.63) is 53.1 Å². The Labute approximate surface area is 168 Å². The molecule has 1 aliphatic heterocycles. The number of hydrogen-bond acceptors (Lipinski definition) is 4. The number of likely N-dealkylation sites (tertiary alicyclic amines) is 1. The topological polar surface area (TPSA) is 79.7 Å². The van der Waals surface area contributed by atoms with Crippen LogP contribution in [0.15, 0.2) is 30.3 Å². The van der Waals surface area contributed by atoms with Gasteiger partial charge in [0.05, 0.1) is 27.7 Å². The lowest BCUT2D eigenvalue weighted by atomic mass is 9.96. The van der Waals surface area contributed by atoms with Gasteiger partial charge in [0.1, 0.15) is 5.82 Å². The van der Waals surface area contributed by atoms with Gasteiger partial charge in [-0.3, -0.25) is 9.48 Å². The maximum absolute atomic E-state index is 13.5. The first kappa shape index (κ1) is 17.8. The van der Waals surface area contributed by atoms with Crippen LogP contribution in [0.4, 0.5) is 0 Å². The highest BCUT2D eigenvalue weighted by Crippen LogP contribution is 2.29. The van der Waals surface area contributed by atoms with Gasteiger partial charge in [0, 0.05) is 31.7 Å². The second kappa shape index (κ2) is 6.69. The summed E-state index contributed by atoms with van der Waals surface area (Å²) in [7, 11) is 1.87. The maximum atomic E-state index is 13.5. The number of carbonyl (C=O) groups excluding carboxylic acids is 1. The Hall–Kier alpha value is -3.22. The predicted octanol–water partition coefficient (Wildman–Crippen LogP) is 3.48. The molecule has 4 heterocycles. The van der Waals surface area contributed by atoms with Gasteiger partial charge in [-0.05, 0) is 44.9 Å². The van der Waals surface area contributed by atoms with E-state index in [2.05, 4.69) is 15.1 Å². The summed E-state index contributed by atoms with van der Waals surface area (Å²) in [5.41, 5.74) is 5.14. The molecule has 1 aromatic carbocycles. The van der Waals surface area contributed by atoms with Gasteiger partial charge in [-0.2, -0.15) is 5.10 Å². The van der Waals surface area contributed by atoms with E-state index in [9.17, 15) is 4.79 Å². The molecule has 1 N–H and O–H groups in total. The summed E-state index contributed by atoms with van der Waals surface area (Å²) in [6.45, 7) is 5.29. The fraction of sp³-hybridized carbons (Fsp3) is 0.364. The second-order valence-electron chi connectivity index (χ2n) is 7.95. The van der Waals surface area contributed by atoms with Crippen molar-refractivity contribution < 1.29 is 4.79 Å². The minimum atomic E-state index is 0.0532. The lowest BCUT2D eigenvalue weighted by Gasteiger charge is -2.32. The fourth-order valence-electron chi connectivity index (χ4n) is 4.46. The summed E-state index contributed by atoms with van der Waals surface area (Å²) < 4.78 is 1.75. The van der Waals surface area contributed by atoms with Gasteiger partial charge in [-0.1, -0.05) is 12.1 Å². The molecular weight excluding hydrogens is 364 g/mol.